The summed E-state index contributed by atoms with van der Waals surface area (Å²) < 4.78 is 0. The average Bonchev–Trinajstić information content (AvgIpc) is 2.51. The Morgan fingerprint density at radius 2 is 1.14 bits per heavy atom. The summed E-state index contributed by atoms with van der Waals surface area (Å²) in [7, 11) is 0. The van der Waals surface area contributed by atoms with Crippen LogP contribution in [0.25, 0.3) is 0 Å². The first kappa shape index (κ1) is 22.4. The van der Waals surface area contributed by atoms with Gasteiger partial charge in [0.05, 0.1) is 0 Å². The molecule has 0 nitrogen and oxygen atoms in total. The third-order valence-electron chi connectivity index (χ3n) is 4.11. The molecule has 0 amide bonds. The maximum Gasteiger partial charge on any atom is -0.0414 e. The Bertz CT molecular complexity index is 241. The number of hydrogen-bond acceptors (Lipinski definition) is 0. The van der Waals surface area contributed by atoms with Crippen molar-refractivity contribution in [3.8, 4) is 0 Å². The van der Waals surface area contributed by atoms with Crippen LogP contribution in [0, 0.1) is 5.92 Å². The van der Waals surface area contributed by atoms with Crippen LogP contribution in [0.5, 0.6) is 0 Å². The van der Waals surface area contributed by atoms with E-state index in [0.29, 0.717) is 0 Å². The maximum absolute atomic E-state index is 2.29. The van der Waals surface area contributed by atoms with Crippen LogP contribution in [-0.4, -0.2) is 0 Å². The van der Waals surface area contributed by atoms with E-state index in [1.165, 1.54) is 70.6 Å². The molecule has 0 saturated heterocycles. The Morgan fingerprint density at radius 1 is 0.667 bits per heavy atom. The molecule has 21 heavy (non-hydrogen) atoms. The second-order valence-electron chi connectivity index (χ2n) is 5.86. The van der Waals surface area contributed by atoms with Gasteiger partial charge in [0.25, 0.3) is 0 Å². The summed E-state index contributed by atoms with van der Waals surface area (Å²) in [6.45, 7) is 2.29. The molecule has 0 unspecified atom stereocenters. The molecule has 124 valence electrons. The number of rotatable bonds is 6. The zero-order valence-corrected chi connectivity index (χ0v) is 13.6. The zero-order valence-electron chi connectivity index (χ0n) is 13.6. The largest absolute Gasteiger partial charge is 0.269 e. The van der Waals surface area contributed by atoms with Crippen LogP contribution in [0.15, 0.2) is 36.4 Å². The predicted molar refractivity (Wildman–Crippen MR) is 91.4 cm³/mol. The van der Waals surface area contributed by atoms with Crippen molar-refractivity contribution in [3.63, 3.8) is 0 Å². The molecule has 1 saturated carbocycles. The van der Waals surface area contributed by atoms with E-state index < -0.39 is 0 Å². The van der Waals surface area contributed by atoms with Crippen molar-refractivity contribution >= 4 is 0 Å². The quantitative estimate of drug-likeness (QED) is 0.500. The minimum absolute atomic E-state index is 0. The van der Waals surface area contributed by atoms with E-state index in [0.717, 1.165) is 5.92 Å². The monoisotopic (exact) mass is 300 g/mol. The summed E-state index contributed by atoms with van der Waals surface area (Å²) in [5, 5.41) is 0. The standard InChI is InChI=1S/C13H26.C6H6.2FH/c1-2-3-4-5-7-10-13-11-8-6-9-12-13;1-2-4-6-5-3-1;;/h13H,2-12H2,1H3;1-6H;2*1H. The van der Waals surface area contributed by atoms with Crippen LogP contribution in [0.2, 0.25) is 0 Å². The first-order valence-corrected chi connectivity index (χ1v) is 8.43. The molecule has 1 fully saturated rings. The summed E-state index contributed by atoms with van der Waals surface area (Å²) in [6, 6.07) is 12.0. The van der Waals surface area contributed by atoms with Crippen molar-refractivity contribution in [3.05, 3.63) is 36.4 Å². The molecule has 2 rings (SSSR count). The molecular weight excluding hydrogens is 266 g/mol. The normalized spacial score (nSPS) is 14.1. The van der Waals surface area contributed by atoms with Gasteiger partial charge in [0.15, 0.2) is 0 Å². The third kappa shape index (κ3) is 13.8. The number of hydrogen-bond donors (Lipinski definition) is 0. The Balaban J connectivity index is 0. The van der Waals surface area contributed by atoms with Crippen molar-refractivity contribution in [2.75, 3.05) is 0 Å². The van der Waals surface area contributed by atoms with Crippen LogP contribution in [0.4, 0.5) is 9.41 Å². The molecular formula is C19H34F2. The van der Waals surface area contributed by atoms with Gasteiger partial charge in [-0.15, -0.1) is 0 Å². The highest BCUT2D eigenvalue weighted by atomic mass is 19.0. The smallest absolute Gasteiger partial charge is 0.0414 e. The van der Waals surface area contributed by atoms with E-state index in [2.05, 4.69) is 6.92 Å². The predicted octanol–water partition coefficient (Wildman–Crippen LogP) is 6.92. The summed E-state index contributed by atoms with van der Waals surface area (Å²) in [5.74, 6) is 1.11. The summed E-state index contributed by atoms with van der Waals surface area (Å²) in [4.78, 5) is 0. The van der Waals surface area contributed by atoms with Crippen LogP contribution in [0.3, 0.4) is 0 Å². The molecule has 1 aromatic carbocycles. The lowest BCUT2D eigenvalue weighted by Crippen LogP contribution is -2.05. The van der Waals surface area contributed by atoms with Crippen molar-refractivity contribution in [1.82, 2.24) is 0 Å². The van der Waals surface area contributed by atoms with Crippen molar-refractivity contribution < 1.29 is 9.41 Å². The van der Waals surface area contributed by atoms with Gasteiger partial charge in [0.1, 0.15) is 0 Å². The summed E-state index contributed by atoms with van der Waals surface area (Å²) in [6.07, 6.45) is 16.4. The minimum Gasteiger partial charge on any atom is -0.269 e. The average molecular weight is 300 g/mol. The van der Waals surface area contributed by atoms with Gasteiger partial charge in [-0.3, -0.25) is 9.41 Å². The molecule has 0 bridgehead atoms. The van der Waals surface area contributed by atoms with E-state index in [1.807, 2.05) is 36.4 Å². The molecule has 0 spiro atoms. The van der Waals surface area contributed by atoms with Crippen molar-refractivity contribution in [2.45, 2.75) is 77.6 Å². The lowest BCUT2D eigenvalue weighted by Gasteiger charge is -2.21. The Morgan fingerprint density at radius 3 is 1.62 bits per heavy atom. The third-order valence-corrected chi connectivity index (χ3v) is 4.11. The van der Waals surface area contributed by atoms with Gasteiger partial charge in [-0.1, -0.05) is 114 Å². The van der Waals surface area contributed by atoms with Gasteiger partial charge in [-0.25, -0.2) is 0 Å². The molecule has 0 heterocycles. The lowest BCUT2D eigenvalue weighted by molar-refractivity contribution is 0.328. The molecule has 0 radical (unpaired) electrons. The van der Waals surface area contributed by atoms with Crippen LogP contribution < -0.4 is 0 Å². The second kappa shape index (κ2) is 17.1. The van der Waals surface area contributed by atoms with Gasteiger partial charge < -0.3 is 0 Å². The highest BCUT2D eigenvalue weighted by molar-refractivity contribution is 4.99. The van der Waals surface area contributed by atoms with Gasteiger partial charge in [0, 0.05) is 0 Å². The molecule has 1 aliphatic rings. The van der Waals surface area contributed by atoms with Gasteiger partial charge in [-0.2, -0.15) is 0 Å². The fraction of sp³-hybridized carbons (Fsp3) is 0.684. The van der Waals surface area contributed by atoms with Crippen LogP contribution in [-0.2, 0) is 0 Å². The molecule has 0 aromatic heterocycles. The van der Waals surface area contributed by atoms with E-state index >= 15 is 0 Å². The van der Waals surface area contributed by atoms with E-state index in [4.69, 9.17) is 0 Å². The lowest BCUT2D eigenvalue weighted by atomic mass is 9.85. The molecule has 0 aliphatic heterocycles. The fourth-order valence-corrected chi connectivity index (χ4v) is 2.90. The van der Waals surface area contributed by atoms with Crippen LogP contribution in [0.1, 0.15) is 77.6 Å². The first-order valence-electron chi connectivity index (χ1n) is 8.43. The van der Waals surface area contributed by atoms with E-state index in [-0.39, 0.29) is 9.41 Å². The fourth-order valence-electron chi connectivity index (χ4n) is 2.90. The highest BCUT2D eigenvalue weighted by Gasteiger charge is 2.12. The molecule has 1 aliphatic carbocycles. The van der Waals surface area contributed by atoms with Crippen molar-refractivity contribution in [1.29, 1.82) is 0 Å². The SMILES string of the molecule is CCCCCCCC1CCCCC1.F.F.c1ccccc1. The van der Waals surface area contributed by atoms with E-state index in [9.17, 15) is 0 Å². The Labute approximate surface area is 130 Å². The number of benzene rings is 1. The van der Waals surface area contributed by atoms with Gasteiger partial charge in [0.2, 0.25) is 0 Å². The zero-order chi connectivity index (χ0) is 13.6. The summed E-state index contributed by atoms with van der Waals surface area (Å²) >= 11 is 0. The number of halogens is 2. The second-order valence-corrected chi connectivity index (χ2v) is 5.86. The Hall–Kier alpha value is -0.920. The Kier molecular flexibility index (Phi) is 18.2. The topological polar surface area (TPSA) is 0 Å². The molecule has 1 aromatic rings. The number of unbranched alkanes of at least 4 members (excludes halogenated alkanes) is 4. The molecule has 0 N–H and O–H groups in total. The van der Waals surface area contributed by atoms with E-state index in [1.54, 1.807) is 0 Å². The molecule has 2 heteroatoms. The summed E-state index contributed by atoms with van der Waals surface area (Å²) in [5.41, 5.74) is 0. The highest BCUT2D eigenvalue weighted by Crippen LogP contribution is 2.27. The van der Waals surface area contributed by atoms with Gasteiger partial charge in [-0.05, 0) is 5.92 Å². The maximum atomic E-state index is 2.29. The first-order chi connectivity index (χ1) is 9.43. The van der Waals surface area contributed by atoms with Gasteiger partial charge >= 0.3 is 0 Å². The molecule has 0 atom stereocenters. The minimum atomic E-state index is 0. The van der Waals surface area contributed by atoms with Crippen molar-refractivity contribution in [2.24, 2.45) is 5.92 Å². The van der Waals surface area contributed by atoms with Crippen LogP contribution >= 0.6 is 0 Å².